The van der Waals surface area contributed by atoms with Crippen LogP contribution in [0.15, 0.2) is 0 Å². The Hall–Kier alpha value is -0.0400. The lowest BCUT2D eigenvalue weighted by Crippen LogP contribution is -2.53. The molecule has 80 valence electrons. The SMILES string of the molecule is CC[N+]1(C)CC2CC3CC(C2)CC1C3. The lowest BCUT2D eigenvalue weighted by atomic mass is 9.68. The van der Waals surface area contributed by atoms with Crippen molar-refractivity contribution < 1.29 is 4.48 Å². The molecule has 1 heteroatoms. The Morgan fingerprint density at radius 3 is 2.07 bits per heavy atom. The summed E-state index contributed by atoms with van der Waals surface area (Å²) in [6.07, 6.45) is 7.83. The molecule has 3 atom stereocenters. The van der Waals surface area contributed by atoms with Gasteiger partial charge in [-0.3, -0.25) is 0 Å². The maximum absolute atomic E-state index is 2.52. The number of fused-ring (bicyclic) bond motifs is 1. The van der Waals surface area contributed by atoms with Crippen molar-refractivity contribution >= 4 is 0 Å². The molecule has 0 aromatic heterocycles. The summed E-state index contributed by atoms with van der Waals surface area (Å²) in [5.41, 5.74) is 0. The van der Waals surface area contributed by atoms with Crippen LogP contribution in [0.5, 0.6) is 0 Å². The van der Waals surface area contributed by atoms with Gasteiger partial charge in [-0.1, -0.05) is 0 Å². The van der Waals surface area contributed by atoms with E-state index in [2.05, 4.69) is 14.0 Å². The highest BCUT2D eigenvalue weighted by Gasteiger charge is 2.48. The summed E-state index contributed by atoms with van der Waals surface area (Å²) in [7, 11) is 2.52. The largest absolute Gasteiger partial charge is 0.324 e. The van der Waals surface area contributed by atoms with Crippen LogP contribution in [0.2, 0.25) is 0 Å². The fraction of sp³-hybridized carbons (Fsp3) is 1.00. The van der Waals surface area contributed by atoms with Gasteiger partial charge in [-0.2, -0.15) is 0 Å². The first-order valence-corrected chi connectivity index (χ1v) is 6.54. The third-order valence-corrected chi connectivity index (χ3v) is 5.49. The van der Waals surface area contributed by atoms with Gasteiger partial charge >= 0.3 is 0 Å². The Morgan fingerprint density at radius 1 is 0.929 bits per heavy atom. The van der Waals surface area contributed by atoms with Gasteiger partial charge in [-0.05, 0) is 38.0 Å². The van der Waals surface area contributed by atoms with Crippen molar-refractivity contribution in [1.82, 2.24) is 0 Å². The Bertz CT molecular complexity index is 223. The summed E-state index contributed by atoms with van der Waals surface area (Å²) in [4.78, 5) is 0. The zero-order valence-electron chi connectivity index (χ0n) is 9.71. The van der Waals surface area contributed by atoms with E-state index in [1.165, 1.54) is 17.6 Å². The molecule has 2 aliphatic heterocycles. The standard InChI is InChI=1S/C13H24N/c1-3-14(2)9-12-5-10-4-11(6-12)8-13(14)7-10/h10-13H,3-9H2,1-2H3/q+1. The fourth-order valence-corrected chi connectivity index (χ4v) is 4.74. The van der Waals surface area contributed by atoms with E-state index in [9.17, 15) is 0 Å². The van der Waals surface area contributed by atoms with E-state index in [1.54, 1.807) is 32.1 Å². The molecule has 2 heterocycles. The monoisotopic (exact) mass is 194 g/mol. The molecule has 1 nitrogen and oxygen atoms in total. The molecule has 4 aliphatic rings. The molecule has 0 amide bonds. The molecule has 0 aromatic carbocycles. The van der Waals surface area contributed by atoms with Gasteiger partial charge < -0.3 is 4.48 Å². The zero-order chi connectivity index (χ0) is 9.76. The molecule has 0 N–H and O–H groups in total. The zero-order valence-corrected chi connectivity index (χ0v) is 9.71. The van der Waals surface area contributed by atoms with Crippen LogP contribution in [-0.4, -0.2) is 30.7 Å². The van der Waals surface area contributed by atoms with E-state index in [0.29, 0.717) is 0 Å². The highest BCUT2D eigenvalue weighted by atomic mass is 15.4. The Balaban J connectivity index is 1.93. The average molecular weight is 194 g/mol. The summed E-state index contributed by atoms with van der Waals surface area (Å²) in [5.74, 6) is 3.31. The van der Waals surface area contributed by atoms with Crippen molar-refractivity contribution in [2.75, 3.05) is 20.1 Å². The number of rotatable bonds is 1. The summed E-state index contributed by atoms with van der Waals surface area (Å²) in [6, 6.07) is 1.02. The molecule has 4 fully saturated rings. The highest BCUT2D eigenvalue weighted by Crippen LogP contribution is 2.49. The molecule has 0 radical (unpaired) electrons. The van der Waals surface area contributed by atoms with Crippen molar-refractivity contribution in [3.05, 3.63) is 0 Å². The second-order valence-electron chi connectivity index (χ2n) is 6.41. The van der Waals surface area contributed by atoms with Gasteiger partial charge in [0.25, 0.3) is 0 Å². The predicted octanol–water partition coefficient (Wildman–Crippen LogP) is 2.66. The van der Waals surface area contributed by atoms with Gasteiger partial charge in [-0.15, -0.1) is 0 Å². The van der Waals surface area contributed by atoms with Gasteiger partial charge in [-0.25, -0.2) is 0 Å². The second kappa shape index (κ2) is 2.98. The number of hydrogen-bond acceptors (Lipinski definition) is 0. The Labute approximate surface area is 88.1 Å². The van der Waals surface area contributed by atoms with E-state index in [-0.39, 0.29) is 0 Å². The third-order valence-electron chi connectivity index (χ3n) is 5.49. The normalized spacial score (nSPS) is 56.1. The number of hydrogen-bond donors (Lipinski definition) is 0. The van der Waals surface area contributed by atoms with Crippen LogP contribution in [0.3, 0.4) is 0 Å². The van der Waals surface area contributed by atoms with E-state index in [1.807, 2.05) is 0 Å². The molecule has 0 spiro atoms. The van der Waals surface area contributed by atoms with Gasteiger partial charge in [0, 0.05) is 18.8 Å². The minimum Gasteiger partial charge on any atom is -0.324 e. The van der Waals surface area contributed by atoms with Crippen LogP contribution in [0.25, 0.3) is 0 Å². The van der Waals surface area contributed by atoms with Crippen LogP contribution < -0.4 is 0 Å². The van der Waals surface area contributed by atoms with Crippen molar-refractivity contribution in [1.29, 1.82) is 0 Å². The molecule has 14 heavy (non-hydrogen) atoms. The molecule has 4 rings (SSSR count). The smallest absolute Gasteiger partial charge is 0.0893 e. The maximum atomic E-state index is 2.52. The van der Waals surface area contributed by atoms with E-state index >= 15 is 0 Å². The Kier molecular flexibility index (Phi) is 1.96. The lowest BCUT2D eigenvalue weighted by molar-refractivity contribution is -0.933. The molecule has 4 bridgehead atoms. The molecular weight excluding hydrogens is 170 g/mol. The van der Waals surface area contributed by atoms with Crippen LogP contribution in [-0.2, 0) is 0 Å². The number of nitrogens with zero attached hydrogens (tertiary/aromatic N) is 1. The molecular formula is C13H24N+. The van der Waals surface area contributed by atoms with Gasteiger partial charge in [0.15, 0.2) is 0 Å². The van der Waals surface area contributed by atoms with Crippen molar-refractivity contribution in [2.24, 2.45) is 17.8 Å². The third kappa shape index (κ3) is 1.25. The maximum Gasteiger partial charge on any atom is 0.0893 e. The molecule has 2 aliphatic carbocycles. The van der Waals surface area contributed by atoms with Gasteiger partial charge in [0.05, 0.1) is 26.2 Å². The highest BCUT2D eigenvalue weighted by molar-refractivity contribution is 4.90. The van der Waals surface area contributed by atoms with E-state index in [0.717, 1.165) is 23.8 Å². The minimum atomic E-state index is 1.02. The Morgan fingerprint density at radius 2 is 1.50 bits per heavy atom. The summed E-state index contributed by atoms with van der Waals surface area (Å²) < 4.78 is 1.40. The first-order valence-electron chi connectivity index (χ1n) is 6.54. The molecule has 3 unspecified atom stereocenters. The molecule has 2 saturated heterocycles. The van der Waals surface area contributed by atoms with Crippen LogP contribution in [0.1, 0.15) is 39.0 Å². The predicted molar refractivity (Wildman–Crippen MR) is 58.9 cm³/mol. The molecule has 0 aromatic rings. The second-order valence-corrected chi connectivity index (χ2v) is 6.41. The number of quaternary nitrogens is 1. The first-order chi connectivity index (χ1) is 6.69. The average Bonchev–Trinajstić information content (AvgIpc) is 2.29. The first kappa shape index (κ1) is 9.21. The minimum absolute atomic E-state index is 1.02. The van der Waals surface area contributed by atoms with E-state index in [4.69, 9.17) is 0 Å². The quantitative estimate of drug-likeness (QED) is 0.563. The van der Waals surface area contributed by atoms with Crippen molar-refractivity contribution in [3.63, 3.8) is 0 Å². The van der Waals surface area contributed by atoms with Gasteiger partial charge in [0.2, 0.25) is 0 Å². The topological polar surface area (TPSA) is 0 Å². The van der Waals surface area contributed by atoms with Crippen molar-refractivity contribution in [3.8, 4) is 0 Å². The van der Waals surface area contributed by atoms with Crippen LogP contribution >= 0.6 is 0 Å². The summed E-state index contributed by atoms with van der Waals surface area (Å²) in [6.45, 7) is 5.25. The summed E-state index contributed by atoms with van der Waals surface area (Å²) in [5, 5.41) is 0. The lowest BCUT2D eigenvalue weighted by Gasteiger charge is -2.42. The summed E-state index contributed by atoms with van der Waals surface area (Å²) >= 11 is 0. The fourth-order valence-electron chi connectivity index (χ4n) is 4.74. The molecule has 2 saturated carbocycles. The van der Waals surface area contributed by atoms with Crippen LogP contribution in [0, 0.1) is 17.8 Å². The van der Waals surface area contributed by atoms with E-state index < -0.39 is 0 Å². The van der Waals surface area contributed by atoms with Crippen LogP contribution in [0.4, 0.5) is 0 Å². The van der Waals surface area contributed by atoms with Gasteiger partial charge in [0.1, 0.15) is 0 Å². The van der Waals surface area contributed by atoms with Crippen molar-refractivity contribution in [2.45, 2.75) is 45.1 Å².